The van der Waals surface area contributed by atoms with E-state index >= 15 is 0 Å². The molecule has 0 N–H and O–H groups in total. The summed E-state index contributed by atoms with van der Waals surface area (Å²) in [4.78, 5) is 0. The van der Waals surface area contributed by atoms with Gasteiger partial charge in [0, 0.05) is 44.6 Å². The van der Waals surface area contributed by atoms with Crippen LogP contribution in [0.5, 0.6) is 17.2 Å². The van der Waals surface area contributed by atoms with Gasteiger partial charge in [0.05, 0.1) is 145 Å². The van der Waals surface area contributed by atoms with Crippen LogP contribution in [0.15, 0.2) is 91.4 Å². The fourth-order valence-corrected chi connectivity index (χ4v) is 10.9. The van der Waals surface area contributed by atoms with Crippen LogP contribution in [0.3, 0.4) is 0 Å². The third-order valence-electron chi connectivity index (χ3n) is 17.3. The van der Waals surface area contributed by atoms with Gasteiger partial charge in [-0.05, 0) is 217 Å². The van der Waals surface area contributed by atoms with Crippen molar-refractivity contribution in [1.82, 2.24) is 45.0 Å². The summed E-state index contributed by atoms with van der Waals surface area (Å²) in [7, 11) is 17.2. The molecule has 2 atom stereocenters. The maximum absolute atomic E-state index is 7.08. The Labute approximate surface area is 585 Å². The molecule has 0 aliphatic rings. The second-order valence-electron chi connectivity index (χ2n) is 30.2. The predicted octanol–water partition coefficient (Wildman–Crippen LogP) is 13.0. The summed E-state index contributed by atoms with van der Waals surface area (Å²) in [6.07, 6.45) is 16.9. The standard InChI is InChI=1S/C75H116B3N9O10/c1-58(96-73(10,11)38-47-92-70(4,5)35-41-86-54-63(80-83-86)20-17-44-89-66-30-24-60(51-77)25-31-66)56-94-75(14,15)49-68(97-74(12,13)39-48-93-71(6,7)36-42-87-55-64(81-84-87)21-18-45-90-67-32-26-61(52-78)27-33-67)57-95-72(8,9)37-46-91-69(2,3)34-40-85-53-62(79-82-85)19-16-43-88-65-28-22-59(50-76)23-29-65/h22-33,53-55,58,68H,16-21,34-52,56-57H2,1-15H3. The van der Waals surface area contributed by atoms with Crippen molar-refractivity contribution in [3.8, 4) is 17.2 Å². The van der Waals surface area contributed by atoms with Crippen molar-refractivity contribution < 1.29 is 47.4 Å². The fraction of sp³-hybridized carbons (Fsp3) is 0.680. The molecule has 0 fully saturated rings. The molecule has 6 aromatic rings. The van der Waals surface area contributed by atoms with E-state index in [0.29, 0.717) is 117 Å². The predicted molar refractivity (Wildman–Crippen MR) is 385 cm³/mol. The molecule has 0 bridgehead atoms. The van der Waals surface area contributed by atoms with Crippen molar-refractivity contribution in [2.45, 2.75) is 277 Å². The maximum Gasteiger partial charge on any atom is 0.119 e. The first-order chi connectivity index (χ1) is 45.9. The number of benzene rings is 3. The van der Waals surface area contributed by atoms with Gasteiger partial charge in [-0.25, -0.2) is 0 Å². The van der Waals surface area contributed by atoms with Crippen LogP contribution in [-0.4, -0.2) is 173 Å². The molecule has 22 heteroatoms. The molecular formula is C75H116B3N9O10. The van der Waals surface area contributed by atoms with E-state index in [1.807, 2.05) is 105 Å². The minimum atomic E-state index is -0.587. The van der Waals surface area contributed by atoms with Crippen LogP contribution in [0.1, 0.15) is 202 Å². The largest absolute Gasteiger partial charge is 0.494 e. The van der Waals surface area contributed by atoms with Gasteiger partial charge in [0.25, 0.3) is 0 Å². The van der Waals surface area contributed by atoms with Gasteiger partial charge < -0.3 is 47.4 Å². The average molecular weight is 1340 g/mol. The number of nitrogens with zero attached hydrogens (tertiary/aromatic N) is 9. The third kappa shape index (κ3) is 32.5. The first-order valence-electron chi connectivity index (χ1n) is 35.4. The molecule has 3 aromatic carbocycles. The average Bonchev–Trinajstić information content (AvgIpc) is 1.38. The Kier molecular flexibility index (Phi) is 32.2. The summed E-state index contributed by atoms with van der Waals surface area (Å²) < 4.78 is 70.4. The molecular weight excluding hydrogens is 1220 g/mol. The van der Waals surface area contributed by atoms with Crippen LogP contribution >= 0.6 is 0 Å². The molecule has 0 amide bonds. The number of ether oxygens (including phenoxy) is 10. The quantitative estimate of drug-likeness (QED) is 0.0259. The highest BCUT2D eigenvalue weighted by Crippen LogP contribution is 2.30. The minimum absolute atomic E-state index is 0.187. The Balaban J connectivity index is 0.944. The van der Waals surface area contributed by atoms with Gasteiger partial charge in [-0.1, -0.05) is 87.7 Å². The lowest BCUT2D eigenvalue weighted by atomic mass is 9.97. The van der Waals surface area contributed by atoms with Gasteiger partial charge in [0.2, 0.25) is 0 Å². The summed E-state index contributed by atoms with van der Waals surface area (Å²) in [5.41, 5.74) is 2.77. The Bertz CT molecular complexity index is 3130. The summed E-state index contributed by atoms with van der Waals surface area (Å²) in [6.45, 7) is 38.0. The van der Waals surface area contributed by atoms with Gasteiger partial charge in [0.1, 0.15) is 17.2 Å². The number of hydrogen-bond donors (Lipinski definition) is 0. The second-order valence-corrected chi connectivity index (χ2v) is 30.2. The fourth-order valence-electron chi connectivity index (χ4n) is 10.9. The van der Waals surface area contributed by atoms with E-state index in [4.69, 9.17) is 70.9 Å². The Morgan fingerprint density at radius 3 is 1.01 bits per heavy atom. The molecule has 6 rings (SSSR count). The number of hydrogen-bond acceptors (Lipinski definition) is 16. The third-order valence-corrected chi connectivity index (χ3v) is 17.3. The first-order valence-corrected chi connectivity index (χ1v) is 35.4. The van der Waals surface area contributed by atoms with E-state index in [0.717, 1.165) is 109 Å². The van der Waals surface area contributed by atoms with Gasteiger partial charge in [0.15, 0.2) is 0 Å². The monoisotopic (exact) mass is 1340 g/mol. The van der Waals surface area contributed by atoms with E-state index in [1.54, 1.807) is 0 Å². The van der Waals surface area contributed by atoms with Crippen LogP contribution in [-0.2, 0) is 91.0 Å². The minimum Gasteiger partial charge on any atom is -0.494 e. The molecule has 0 aliphatic carbocycles. The zero-order valence-electron chi connectivity index (χ0n) is 61.7. The van der Waals surface area contributed by atoms with Crippen molar-refractivity contribution in [3.05, 3.63) is 125 Å². The molecule has 0 spiro atoms. The maximum atomic E-state index is 7.08. The highest BCUT2D eigenvalue weighted by Gasteiger charge is 2.34. The van der Waals surface area contributed by atoms with Crippen molar-refractivity contribution in [3.63, 3.8) is 0 Å². The van der Waals surface area contributed by atoms with E-state index in [2.05, 4.69) is 135 Å². The van der Waals surface area contributed by atoms with Crippen LogP contribution < -0.4 is 14.2 Å². The Morgan fingerprint density at radius 1 is 0.361 bits per heavy atom. The first kappa shape index (κ1) is 80.4. The molecule has 2 unspecified atom stereocenters. The van der Waals surface area contributed by atoms with Crippen LogP contribution in [0.4, 0.5) is 0 Å². The molecule has 3 heterocycles. The van der Waals surface area contributed by atoms with Crippen LogP contribution in [0.25, 0.3) is 0 Å². The lowest BCUT2D eigenvalue weighted by Crippen LogP contribution is -2.43. The van der Waals surface area contributed by atoms with Crippen molar-refractivity contribution in [2.75, 3.05) is 52.9 Å². The van der Waals surface area contributed by atoms with Gasteiger partial charge >= 0.3 is 0 Å². The van der Waals surface area contributed by atoms with Crippen molar-refractivity contribution >= 4 is 23.5 Å². The lowest BCUT2D eigenvalue weighted by Gasteiger charge is -2.38. The molecule has 97 heavy (non-hydrogen) atoms. The number of rotatable bonds is 51. The van der Waals surface area contributed by atoms with E-state index in [9.17, 15) is 0 Å². The van der Waals surface area contributed by atoms with Gasteiger partial charge in [-0.3, -0.25) is 14.0 Å². The molecule has 6 radical (unpaired) electrons. The highest BCUT2D eigenvalue weighted by molar-refractivity contribution is 6.08. The summed E-state index contributed by atoms with van der Waals surface area (Å²) in [6, 6.07) is 23.7. The van der Waals surface area contributed by atoms with Gasteiger partial charge in [-0.15, -0.1) is 15.3 Å². The highest BCUT2D eigenvalue weighted by atomic mass is 16.6. The molecule has 3 aromatic heterocycles. The Morgan fingerprint density at radius 2 is 0.670 bits per heavy atom. The van der Waals surface area contributed by atoms with Crippen molar-refractivity contribution in [1.29, 1.82) is 0 Å². The summed E-state index contributed by atoms with van der Waals surface area (Å²) in [5, 5.41) is 26.5. The zero-order chi connectivity index (χ0) is 70.6. The van der Waals surface area contributed by atoms with Crippen molar-refractivity contribution in [2.24, 2.45) is 0 Å². The molecule has 0 saturated heterocycles. The molecule has 19 nitrogen and oxygen atoms in total. The topological polar surface area (TPSA) is 184 Å². The van der Waals surface area contributed by atoms with E-state index in [1.165, 1.54) is 0 Å². The second kappa shape index (κ2) is 38.8. The van der Waals surface area contributed by atoms with E-state index < -0.39 is 33.6 Å². The molecule has 0 aliphatic heterocycles. The summed E-state index contributed by atoms with van der Waals surface area (Å²) in [5.74, 6) is 2.52. The molecule has 530 valence electrons. The Hall–Kier alpha value is -5.61. The summed E-state index contributed by atoms with van der Waals surface area (Å²) >= 11 is 0. The molecule has 0 saturated carbocycles. The SMILES string of the molecule is [B]Cc1ccc(OCCCc2cn(CCC(C)(C)OCCC(C)(C)OCC(CC(C)(C)OCC(C)OC(C)(C)CCOC(C)(C)CCn3cc(CCCOc4ccc(C[B])cc4)nn3)OC(C)(C)CCOC(C)(C)CCn3cc(CCCOc4ccc(C[B])cc4)nn3)nn2)cc1. The van der Waals surface area contributed by atoms with Gasteiger partial charge in [-0.2, -0.15) is 0 Å². The van der Waals surface area contributed by atoms with Crippen LogP contribution in [0, 0.1) is 0 Å². The van der Waals surface area contributed by atoms with Crippen LogP contribution in [0.2, 0.25) is 0 Å². The zero-order valence-corrected chi connectivity index (χ0v) is 61.7. The van der Waals surface area contributed by atoms with E-state index in [-0.39, 0.29) is 17.8 Å². The number of aryl methyl sites for hydroxylation is 6. The number of aromatic nitrogens is 9. The smallest absolute Gasteiger partial charge is 0.119 e. The normalized spacial score (nSPS) is 13.5. The lowest BCUT2D eigenvalue weighted by molar-refractivity contribution is -0.176.